The molecule has 2 amide bonds. The van der Waals surface area contributed by atoms with Crippen molar-refractivity contribution in [1.29, 1.82) is 0 Å². The van der Waals surface area contributed by atoms with E-state index in [1.54, 1.807) is 37.3 Å². The summed E-state index contributed by atoms with van der Waals surface area (Å²) >= 11 is 12.7. The number of nitrogens with zero attached hydrogens (tertiary/aromatic N) is 1. The van der Waals surface area contributed by atoms with Gasteiger partial charge >= 0.3 is 0 Å². The summed E-state index contributed by atoms with van der Waals surface area (Å²) < 4.78 is 13.7. The van der Waals surface area contributed by atoms with Crippen molar-refractivity contribution in [3.8, 4) is 11.3 Å². The maximum absolute atomic E-state index is 13.7. The molecule has 3 aromatic rings. The van der Waals surface area contributed by atoms with Gasteiger partial charge in [0, 0.05) is 34.6 Å². The van der Waals surface area contributed by atoms with E-state index in [0.29, 0.717) is 51.1 Å². The van der Waals surface area contributed by atoms with Crippen LogP contribution in [0.15, 0.2) is 48.5 Å². The first-order chi connectivity index (χ1) is 15.2. The Morgan fingerprint density at radius 1 is 1.12 bits per heavy atom. The summed E-state index contributed by atoms with van der Waals surface area (Å²) in [4.78, 5) is 28.5. The first-order valence-electron chi connectivity index (χ1n) is 9.92. The molecule has 1 heterocycles. The van der Waals surface area contributed by atoms with E-state index in [-0.39, 0.29) is 11.7 Å². The van der Waals surface area contributed by atoms with Gasteiger partial charge in [-0.3, -0.25) is 14.6 Å². The van der Waals surface area contributed by atoms with Gasteiger partial charge in [0.05, 0.1) is 11.4 Å². The number of primary amides is 1. The minimum absolute atomic E-state index is 0.147. The Hall–Kier alpha value is -2.96. The van der Waals surface area contributed by atoms with Crippen molar-refractivity contribution in [3.63, 3.8) is 0 Å². The highest BCUT2D eigenvalue weighted by molar-refractivity contribution is 6.36. The zero-order valence-corrected chi connectivity index (χ0v) is 19.1. The Labute approximate surface area is 195 Å². The normalized spacial score (nSPS) is 11.8. The summed E-state index contributed by atoms with van der Waals surface area (Å²) in [5.74, 6) is -2.15. The molecular weight excluding hydrogens is 452 g/mol. The highest BCUT2D eigenvalue weighted by atomic mass is 35.5. The number of carbonyl (C=O) groups excluding carboxylic acids is 2. The number of rotatable bonds is 7. The van der Waals surface area contributed by atoms with Crippen molar-refractivity contribution in [2.24, 2.45) is 5.73 Å². The average molecular weight is 474 g/mol. The van der Waals surface area contributed by atoms with Crippen LogP contribution in [0.5, 0.6) is 0 Å². The van der Waals surface area contributed by atoms with Crippen LogP contribution in [-0.4, -0.2) is 23.3 Å². The van der Waals surface area contributed by atoms with Gasteiger partial charge < -0.3 is 11.1 Å². The predicted molar refractivity (Wildman–Crippen MR) is 124 cm³/mol. The third kappa shape index (κ3) is 5.44. The van der Waals surface area contributed by atoms with E-state index in [4.69, 9.17) is 28.9 Å². The van der Waals surface area contributed by atoms with Crippen molar-refractivity contribution in [1.82, 2.24) is 10.3 Å². The highest BCUT2D eigenvalue weighted by Crippen LogP contribution is 2.36. The first-order valence-corrected chi connectivity index (χ1v) is 10.7. The van der Waals surface area contributed by atoms with Crippen molar-refractivity contribution in [2.75, 3.05) is 6.54 Å². The van der Waals surface area contributed by atoms with Gasteiger partial charge in [-0.15, -0.1) is 0 Å². The fourth-order valence-electron chi connectivity index (χ4n) is 3.56. The zero-order valence-electron chi connectivity index (χ0n) is 17.6. The number of nitrogens with two attached hydrogens (primary N) is 1. The van der Waals surface area contributed by atoms with Gasteiger partial charge in [0.1, 0.15) is 11.7 Å². The van der Waals surface area contributed by atoms with Crippen molar-refractivity contribution in [3.05, 3.63) is 86.8 Å². The first kappa shape index (κ1) is 23.7. The average Bonchev–Trinajstić information content (AvgIpc) is 2.70. The van der Waals surface area contributed by atoms with E-state index >= 15 is 0 Å². The van der Waals surface area contributed by atoms with E-state index in [1.165, 1.54) is 19.1 Å². The highest BCUT2D eigenvalue weighted by Gasteiger charge is 2.27. The van der Waals surface area contributed by atoms with E-state index in [9.17, 15) is 14.0 Å². The summed E-state index contributed by atoms with van der Waals surface area (Å²) in [7, 11) is 0. The fraction of sp³-hybridized carbons (Fsp3) is 0.208. The SMILES string of the molecule is CC(=O)NCCc1cc(-c2ccc(F)cc2C)nc(C(C(N)=O)c2c(Cl)cccc2Cl)c1. The van der Waals surface area contributed by atoms with Crippen LogP contribution in [-0.2, 0) is 16.0 Å². The van der Waals surface area contributed by atoms with Gasteiger partial charge in [-0.05, 0) is 66.9 Å². The molecule has 0 bridgehead atoms. The van der Waals surface area contributed by atoms with Crippen LogP contribution in [0, 0.1) is 12.7 Å². The minimum Gasteiger partial charge on any atom is -0.369 e. The van der Waals surface area contributed by atoms with Gasteiger partial charge in [0.25, 0.3) is 0 Å². The third-order valence-corrected chi connectivity index (χ3v) is 5.68. The van der Waals surface area contributed by atoms with E-state index in [1.807, 2.05) is 6.07 Å². The Morgan fingerprint density at radius 2 is 1.81 bits per heavy atom. The number of halogens is 3. The number of aryl methyl sites for hydroxylation is 1. The Morgan fingerprint density at radius 3 is 2.41 bits per heavy atom. The summed E-state index contributed by atoms with van der Waals surface area (Å²) in [6.07, 6.45) is 0.490. The monoisotopic (exact) mass is 473 g/mol. The maximum atomic E-state index is 13.7. The van der Waals surface area contributed by atoms with Crippen LogP contribution in [0.4, 0.5) is 4.39 Å². The number of hydrogen-bond acceptors (Lipinski definition) is 3. The second kappa shape index (κ2) is 10.1. The molecule has 0 saturated heterocycles. The molecule has 32 heavy (non-hydrogen) atoms. The number of aromatic nitrogens is 1. The molecule has 0 spiro atoms. The molecule has 0 radical (unpaired) electrons. The van der Waals surface area contributed by atoms with Crippen LogP contribution in [0.25, 0.3) is 11.3 Å². The summed E-state index contributed by atoms with van der Waals surface area (Å²) in [6.45, 7) is 3.61. The quantitative estimate of drug-likeness (QED) is 0.516. The second-order valence-electron chi connectivity index (χ2n) is 7.45. The van der Waals surface area contributed by atoms with Crippen LogP contribution < -0.4 is 11.1 Å². The maximum Gasteiger partial charge on any atom is 0.231 e. The molecule has 1 aromatic heterocycles. The van der Waals surface area contributed by atoms with Crippen LogP contribution in [0.1, 0.15) is 35.2 Å². The molecule has 3 rings (SSSR count). The largest absolute Gasteiger partial charge is 0.369 e. The molecule has 1 unspecified atom stereocenters. The predicted octanol–water partition coefficient (Wildman–Crippen LogP) is 4.80. The van der Waals surface area contributed by atoms with Crippen molar-refractivity contribution >= 4 is 35.0 Å². The lowest BCUT2D eigenvalue weighted by atomic mass is 9.92. The second-order valence-corrected chi connectivity index (χ2v) is 8.26. The molecule has 0 aliphatic carbocycles. The fourth-order valence-corrected chi connectivity index (χ4v) is 4.18. The van der Waals surface area contributed by atoms with Gasteiger partial charge in [-0.2, -0.15) is 0 Å². The molecule has 0 aliphatic heterocycles. The van der Waals surface area contributed by atoms with Crippen LogP contribution >= 0.6 is 23.2 Å². The summed E-state index contributed by atoms with van der Waals surface area (Å²) in [5.41, 5.74) is 9.27. The topological polar surface area (TPSA) is 85.1 Å². The molecule has 0 saturated carbocycles. The Kier molecular flexibility index (Phi) is 7.48. The molecule has 0 aliphatic rings. The van der Waals surface area contributed by atoms with Gasteiger partial charge in [0.15, 0.2) is 0 Å². The van der Waals surface area contributed by atoms with Gasteiger partial charge in [0.2, 0.25) is 11.8 Å². The molecule has 3 N–H and O–H groups in total. The number of hydrogen-bond donors (Lipinski definition) is 2. The minimum atomic E-state index is -0.989. The van der Waals surface area contributed by atoms with Crippen LogP contribution in [0.2, 0.25) is 10.0 Å². The molecule has 8 heteroatoms. The lowest BCUT2D eigenvalue weighted by molar-refractivity contribution is -0.119. The van der Waals surface area contributed by atoms with E-state index in [0.717, 1.165) is 5.56 Å². The summed E-state index contributed by atoms with van der Waals surface area (Å²) in [5, 5.41) is 3.35. The molecular formula is C24H22Cl2FN3O2. The Balaban J connectivity index is 2.18. The Bertz CT molecular complexity index is 1160. The van der Waals surface area contributed by atoms with E-state index < -0.39 is 11.8 Å². The third-order valence-electron chi connectivity index (χ3n) is 5.03. The zero-order chi connectivity index (χ0) is 23.4. The number of benzene rings is 2. The van der Waals surface area contributed by atoms with Crippen molar-refractivity contribution < 1.29 is 14.0 Å². The molecule has 1 atom stereocenters. The van der Waals surface area contributed by atoms with Crippen molar-refractivity contribution in [2.45, 2.75) is 26.2 Å². The number of pyridine rings is 1. The molecule has 0 fully saturated rings. The lowest BCUT2D eigenvalue weighted by Gasteiger charge is -2.19. The summed E-state index contributed by atoms with van der Waals surface area (Å²) in [6, 6.07) is 12.9. The standard InChI is InChI=1S/C24H22Cl2FN3O2/c1-13-10-16(27)6-7-17(13)20-11-15(8-9-29-14(2)31)12-21(30-20)23(24(28)32)22-18(25)4-3-5-19(22)26/h3-7,10-12,23H,8-9H2,1-2H3,(H2,28,32)(H,29,31). The van der Waals surface area contributed by atoms with Gasteiger partial charge in [-0.1, -0.05) is 29.3 Å². The van der Waals surface area contributed by atoms with E-state index in [2.05, 4.69) is 10.3 Å². The smallest absolute Gasteiger partial charge is 0.231 e. The molecule has 2 aromatic carbocycles. The lowest BCUT2D eigenvalue weighted by Crippen LogP contribution is -2.25. The van der Waals surface area contributed by atoms with Gasteiger partial charge in [-0.25, -0.2) is 4.39 Å². The van der Waals surface area contributed by atoms with Crippen LogP contribution in [0.3, 0.4) is 0 Å². The molecule has 5 nitrogen and oxygen atoms in total. The number of amides is 2. The number of carbonyl (C=O) groups is 2. The molecule has 166 valence electrons. The number of nitrogens with one attached hydrogen (secondary N) is 1.